The Morgan fingerprint density at radius 3 is 2.26 bits per heavy atom. The van der Waals surface area contributed by atoms with Gasteiger partial charge in [-0.2, -0.15) is 0 Å². The lowest BCUT2D eigenvalue weighted by molar-refractivity contribution is -0.141. The number of rotatable bonds is 17. The number of nitrogens with one attached hydrogen (secondary N) is 1. The second kappa shape index (κ2) is 17.9. The number of nitrogens with zero attached hydrogens (tertiary/aromatic N) is 3. The topological polar surface area (TPSA) is 122 Å². The molecule has 0 unspecified atom stereocenters. The van der Waals surface area contributed by atoms with Crippen LogP contribution in [-0.4, -0.2) is 63.5 Å². The van der Waals surface area contributed by atoms with Crippen molar-refractivity contribution in [3.63, 3.8) is 0 Å². The molecular weight excluding hydrogens is 649 g/mol. The molecule has 0 saturated carbocycles. The molecule has 2 atom stereocenters. The zero-order valence-electron chi connectivity index (χ0n) is 29.3. The van der Waals surface area contributed by atoms with Crippen molar-refractivity contribution in [1.82, 2.24) is 20.2 Å². The van der Waals surface area contributed by atoms with Crippen molar-refractivity contribution in [2.75, 3.05) is 19.7 Å². The molecule has 4 aromatic rings. The summed E-state index contributed by atoms with van der Waals surface area (Å²) in [4.78, 5) is 51.0. The summed E-state index contributed by atoms with van der Waals surface area (Å²) >= 11 is 1.44. The van der Waals surface area contributed by atoms with Gasteiger partial charge < -0.3 is 20.1 Å². The lowest BCUT2D eigenvalue weighted by Crippen LogP contribution is -2.49. The Labute approximate surface area is 299 Å². The van der Waals surface area contributed by atoms with Crippen molar-refractivity contribution in [3.05, 3.63) is 88.4 Å². The van der Waals surface area contributed by atoms with E-state index in [1.165, 1.54) is 37.0 Å². The molecule has 1 saturated heterocycles. The van der Waals surface area contributed by atoms with Gasteiger partial charge in [-0.05, 0) is 60.6 Å². The molecule has 9 nitrogen and oxygen atoms in total. The summed E-state index contributed by atoms with van der Waals surface area (Å²) in [7, 11) is 0. The average molecular weight is 697 g/mol. The van der Waals surface area contributed by atoms with Gasteiger partial charge in [-0.25, -0.2) is 9.97 Å². The van der Waals surface area contributed by atoms with E-state index in [1.807, 2.05) is 67.0 Å². The molecule has 50 heavy (non-hydrogen) atoms. The lowest BCUT2D eigenvalue weighted by Gasteiger charge is -2.24. The molecule has 1 fully saturated rings. The van der Waals surface area contributed by atoms with Crippen LogP contribution in [0.5, 0.6) is 5.75 Å². The van der Waals surface area contributed by atoms with Gasteiger partial charge in [-0.1, -0.05) is 82.9 Å². The molecule has 5 rings (SSSR count). The number of unbranched alkanes of at least 4 members (excludes halogenated alkanes) is 4. The number of aliphatic carboxylic acids is 1. The van der Waals surface area contributed by atoms with Crippen molar-refractivity contribution in [2.24, 2.45) is 11.8 Å². The lowest BCUT2D eigenvalue weighted by atomic mass is 10.0. The van der Waals surface area contributed by atoms with E-state index in [4.69, 9.17) is 4.74 Å². The minimum atomic E-state index is -0.908. The van der Waals surface area contributed by atoms with Crippen LogP contribution in [0.25, 0.3) is 22.5 Å². The largest absolute Gasteiger partial charge is 0.494 e. The van der Waals surface area contributed by atoms with Gasteiger partial charge in [-0.3, -0.25) is 14.4 Å². The molecule has 264 valence electrons. The first-order chi connectivity index (χ1) is 24.2. The van der Waals surface area contributed by atoms with E-state index >= 15 is 0 Å². The fourth-order valence-corrected chi connectivity index (χ4v) is 7.24. The maximum atomic E-state index is 13.7. The third-order valence-corrected chi connectivity index (χ3v) is 10.1. The van der Waals surface area contributed by atoms with Crippen LogP contribution in [0.1, 0.15) is 79.4 Å². The Kier molecular flexibility index (Phi) is 13.1. The highest BCUT2D eigenvalue weighted by molar-refractivity contribution is 7.14. The standard InChI is InChI=1S/C40H48N4O5S/c1-4-5-6-7-8-21-49-33-15-13-29(14-16-33)32-24-41-37(42-25-32)30-11-9-28(10-12-30)23-35(39(46)44-20-19-31(26-44)40(47)48)43-38(45)36-18-17-34(50-36)22-27(2)3/h9-18,24-25,27,31,35H,4-8,19-23,26H2,1-3H3,(H,43,45)(H,47,48)/t31-,35-/m0/s1. The smallest absolute Gasteiger partial charge is 0.308 e. The number of benzene rings is 2. The summed E-state index contributed by atoms with van der Waals surface area (Å²) in [6.07, 6.45) is 11.2. The van der Waals surface area contributed by atoms with Gasteiger partial charge in [0.2, 0.25) is 5.91 Å². The van der Waals surface area contributed by atoms with Gasteiger partial charge >= 0.3 is 5.97 Å². The number of carboxylic acids is 1. The zero-order valence-corrected chi connectivity index (χ0v) is 30.1. The summed E-state index contributed by atoms with van der Waals surface area (Å²) in [5.41, 5.74) is 3.59. The van der Waals surface area contributed by atoms with Gasteiger partial charge in [0.25, 0.3) is 5.91 Å². The quantitative estimate of drug-likeness (QED) is 0.109. The fourth-order valence-electron chi connectivity index (χ4n) is 6.11. The molecule has 1 aliphatic rings. The maximum Gasteiger partial charge on any atom is 0.308 e. The monoisotopic (exact) mass is 696 g/mol. The van der Waals surface area contributed by atoms with Crippen LogP contribution in [0.15, 0.2) is 73.1 Å². The highest BCUT2D eigenvalue weighted by Gasteiger charge is 2.35. The van der Waals surface area contributed by atoms with E-state index in [9.17, 15) is 19.5 Å². The number of ether oxygens (including phenoxy) is 1. The third-order valence-electron chi connectivity index (χ3n) is 8.96. The summed E-state index contributed by atoms with van der Waals surface area (Å²) in [6, 6.07) is 18.6. The Hall–Kier alpha value is -4.57. The Morgan fingerprint density at radius 2 is 1.60 bits per heavy atom. The van der Waals surface area contributed by atoms with Crippen LogP contribution in [0.3, 0.4) is 0 Å². The first-order valence-corrected chi connectivity index (χ1v) is 18.6. The second-order valence-corrected chi connectivity index (χ2v) is 14.6. The van der Waals surface area contributed by atoms with Crippen LogP contribution >= 0.6 is 11.3 Å². The van der Waals surface area contributed by atoms with Gasteiger partial charge in [0.05, 0.1) is 17.4 Å². The number of thiophene rings is 1. The summed E-state index contributed by atoms with van der Waals surface area (Å²) in [5, 5.41) is 12.4. The number of carboxylic acid groups (broad SMARTS) is 1. The molecule has 0 spiro atoms. The molecule has 1 aliphatic heterocycles. The Bertz CT molecular complexity index is 1700. The van der Waals surface area contributed by atoms with Crippen LogP contribution in [0, 0.1) is 11.8 Å². The van der Waals surface area contributed by atoms with Gasteiger partial charge in [0.1, 0.15) is 11.8 Å². The zero-order chi connectivity index (χ0) is 35.5. The maximum absolute atomic E-state index is 13.7. The number of hydrogen-bond acceptors (Lipinski definition) is 7. The van der Waals surface area contributed by atoms with E-state index in [0.29, 0.717) is 29.6 Å². The minimum absolute atomic E-state index is 0.140. The molecule has 2 amide bonds. The van der Waals surface area contributed by atoms with E-state index in [-0.39, 0.29) is 24.8 Å². The highest BCUT2D eigenvalue weighted by atomic mass is 32.1. The van der Waals surface area contributed by atoms with Crippen molar-refractivity contribution in [3.8, 4) is 28.3 Å². The van der Waals surface area contributed by atoms with Gasteiger partial charge in [0.15, 0.2) is 5.82 Å². The highest BCUT2D eigenvalue weighted by Crippen LogP contribution is 2.25. The Morgan fingerprint density at radius 1 is 0.900 bits per heavy atom. The third kappa shape index (κ3) is 10.2. The summed E-state index contributed by atoms with van der Waals surface area (Å²) in [5.74, 6) is -0.175. The molecule has 0 bridgehead atoms. The molecule has 2 aromatic carbocycles. The summed E-state index contributed by atoms with van der Waals surface area (Å²) in [6.45, 7) is 7.70. The van der Waals surface area contributed by atoms with Crippen LogP contribution < -0.4 is 10.1 Å². The van der Waals surface area contributed by atoms with Crippen molar-refractivity contribution in [1.29, 1.82) is 0 Å². The SMILES string of the molecule is CCCCCCCOc1ccc(-c2cnc(-c3ccc(C[C@H](NC(=O)c4ccc(CC(C)C)s4)C(=O)N4CC[C@H](C(=O)O)C4)cc3)nc2)cc1. The Balaban J connectivity index is 1.22. The molecule has 10 heteroatoms. The minimum Gasteiger partial charge on any atom is -0.494 e. The molecule has 2 N–H and O–H groups in total. The van der Waals surface area contributed by atoms with Crippen LogP contribution in [0.2, 0.25) is 0 Å². The van der Waals surface area contributed by atoms with Crippen molar-refractivity contribution >= 4 is 29.1 Å². The van der Waals surface area contributed by atoms with Crippen molar-refractivity contribution < 1.29 is 24.2 Å². The number of carbonyl (C=O) groups excluding carboxylic acids is 2. The predicted molar refractivity (Wildman–Crippen MR) is 197 cm³/mol. The number of aromatic nitrogens is 2. The number of carbonyl (C=O) groups is 3. The molecule has 0 radical (unpaired) electrons. The second-order valence-electron chi connectivity index (χ2n) is 13.5. The van der Waals surface area contributed by atoms with E-state index in [1.54, 1.807) is 11.0 Å². The molecular formula is C40H48N4O5S. The normalized spacial score (nSPS) is 14.9. The van der Waals surface area contributed by atoms with Gasteiger partial charge in [0, 0.05) is 47.9 Å². The molecule has 2 aromatic heterocycles. The first-order valence-electron chi connectivity index (χ1n) is 17.8. The number of hydrogen-bond donors (Lipinski definition) is 2. The first kappa shape index (κ1) is 36.7. The van der Waals surface area contributed by atoms with E-state index in [2.05, 4.69) is 36.1 Å². The molecule has 0 aliphatic carbocycles. The fraction of sp³-hybridized carbons (Fsp3) is 0.425. The van der Waals surface area contributed by atoms with E-state index in [0.717, 1.165) is 52.3 Å². The number of amides is 2. The number of likely N-dealkylation sites (tertiary alicyclic amines) is 1. The van der Waals surface area contributed by atoms with Gasteiger partial charge in [-0.15, -0.1) is 11.3 Å². The average Bonchev–Trinajstić information content (AvgIpc) is 3.81. The molecule has 3 heterocycles. The van der Waals surface area contributed by atoms with Crippen molar-refractivity contribution in [2.45, 2.75) is 78.2 Å². The predicted octanol–water partition coefficient (Wildman–Crippen LogP) is 7.69. The van der Waals surface area contributed by atoms with Crippen LogP contribution in [-0.2, 0) is 22.4 Å². The summed E-state index contributed by atoms with van der Waals surface area (Å²) < 4.78 is 5.90. The van der Waals surface area contributed by atoms with E-state index < -0.39 is 17.9 Å². The van der Waals surface area contributed by atoms with Crippen LogP contribution in [0.4, 0.5) is 0 Å².